The second-order valence-electron chi connectivity index (χ2n) is 6.17. The fraction of sp³-hybridized carbons (Fsp3) is 0.625. The molecule has 1 heterocycles. The van der Waals surface area contributed by atoms with Crippen LogP contribution in [0.4, 0.5) is 5.69 Å². The highest BCUT2D eigenvalue weighted by atomic mass is 35.5. The van der Waals surface area contributed by atoms with Crippen LogP contribution in [0, 0.1) is 5.92 Å². The van der Waals surface area contributed by atoms with E-state index in [9.17, 15) is 10.2 Å². The Labute approximate surface area is 125 Å². The van der Waals surface area contributed by atoms with Gasteiger partial charge in [-0.15, -0.1) is 0 Å². The van der Waals surface area contributed by atoms with Gasteiger partial charge in [-0.1, -0.05) is 30.5 Å². The lowest BCUT2D eigenvalue weighted by Crippen LogP contribution is -2.53. The van der Waals surface area contributed by atoms with Gasteiger partial charge in [-0.05, 0) is 31.4 Å². The number of hydrogen-bond acceptors (Lipinski definition) is 3. The van der Waals surface area contributed by atoms with Crippen LogP contribution in [-0.2, 0) is 6.61 Å². The van der Waals surface area contributed by atoms with Gasteiger partial charge >= 0.3 is 0 Å². The van der Waals surface area contributed by atoms with Gasteiger partial charge in [0.05, 0.1) is 12.2 Å². The van der Waals surface area contributed by atoms with Crippen LogP contribution in [0.25, 0.3) is 0 Å². The van der Waals surface area contributed by atoms with Crippen molar-refractivity contribution in [2.24, 2.45) is 5.92 Å². The molecule has 1 aromatic rings. The molecule has 2 atom stereocenters. The third-order valence-electron chi connectivity index (χ3n) is 4.99. The van der Waals surface area contributed by atoms with Gasteiger partial charge in [0.2, 0.25) is 0 Å². The van der Waals surface area contributed by atoms with E-state index in [1.807, 2.05) is 18.2 Å². The van der Waals surface area contributed by atoms with E-state index in [1.54, 1.807) is 0 Å². The largest absolute Gasteiger partial charge is 0.392 e. The van der Waals surface area contributed by atoms with Crippen LogP contribution in [0.2, 0.25) is 5.02 Å². The molecule has 0 amide bonds. The van der Waals surface area contributed by atoms with Gasteiger partial charge in [-0.2, -0.15) is 0 Å². The Morgan fingerprint density at radius 3 is 2.95 bits per heavy atom. The number of aliphatic hydroxyl groups excluding tert-OH is 1. The van der Waals surface area contributed by atoms with Gasteiger partial charge in [0.15, 0.2) is 0 Å². The molecular weight excluding hydrogens is 274 g/mol. The molecule has 2 N–H and O–H groups in total. The van der Waals surface area contributed by atoms with E-state index in [2.05, 4.69) is 4.90 Å². The van der Waals surface area contributed by atoms with Crippen molar-refractivity contribution >= 4 is 17.3 Å². The third-order valence-corrected chi connectivity index (χ3v) is 5.22. The Morgan fingerprint density at radius 2 is 2.15 bits per heavy atom. The molecule has 4 heteroatoms. The maximum absolute atomic E-state index is 10.7. The Hall–Kier alpha value is -0.770. The SMILES string of the molecule is OCc1ccc(Cl)cc1N1CCC2(O)CCCCC2C1. The van der Waals surface area contributed by atoms with Crippen molar-refractivity contribution < 1.29 is 10.2 Å². The maximum atomic E-state index is 10.7. The zero-order chi connectivity index (χ0) is 14.2. The Bertz CT molecular complexity index is 493. The summed E-state index contributed by atoms with van der Waals surface area (Å²) in [4.78, 5) is 2.28. The number of fused-ring (bicyclic) bond motifs is 1. The van der Waals surface area contributed by atoms with Crippen molar-refractivity contribution in [1.29, 1.82) is 0 Å². The van der Waals surface area contributed by atoms with Crippen molar-refractivity contribution in [1.82, 2.24) is 0 Å². The van der Waals surface area contributed by atoms with E-state index in [0.29, 0.717) is 10.9 Å². The number of rotatable bonds is 2. The second kappa shape index (κ2) is 5.55. The second-order valence-corrected chi connectivity index (χ2v) is 6.61. The summed E-state index contributed by atoms with van der Waals surface area (Å²) in [7, 11) is 0. The van der Waals surface area contributed by atoms with Crippen LogP contribution in [-0.4, -0.2) is 28.9 Å². The molecule has 1 aliphatic heterocycles. The predicted molar refractivity (Wildman–Crippen MR) is 81.1 cm³/mol. The molecule has 1 saturated heterocycles. The van der Waals surface area contributed by atoms with Crippen LogP contribution in [0.5, 0.6) is 0 Å². The van der Waals surface area contributed by atoms with E-state index in [-0.39, 0.29) is 6.61 Å². The summed E-state index contributed by atoms with van der Waals surface area (Å²) in [6, 6.07) is 5.64. The maximum Gasteiger partial charge on any atom is 0.0709 e. The van der Waals surface area contributed by atoms with E-state index in [4.69, 9.17) is 11.6 Å². The average molecular weight is 296 g/mol. The van der Waals surface area contributed by atoms with Gasteiger partial charge in [0.1, 0.15) is 0 Å². The standard InChI is InChI=1S/C16H22ClNO2/c17-14-5-4-12(11-19)15(9-14)18-8-7-16(20)6-2-1-3-13(16)10-18/h4-5,9,13,19-20H,1-3,6-8,10-11H2. The van der Waals surface area contributed by atoms with Gasteiger partial charge in [-0.25, -0.2) is 0 Å². The van der Waals surface area contributed by atoms with E-state index in [1.165, 1.54) is 6.42 Å². The van der Waals surface area contributed by atoms with Crippen LogP contribution < -0.4 is 4.90 Å². The normalized spacial score (nSPS) is 30.1. The molecule has 2 fully saturated rings. The number of aliphatic hydroxyl groups is 2. The predicted octanol–water partition coefficient (Wildman–Crippen LogP) is 2.96. The minimum absolute atomic E-state index is 0.0257. The Balaban J connectivity index is 1.84. The zero-order valence-electron chi connectivity index (χ0n) is 11.7. The average Bonchev–Trinajstić information content (AvgIpc) is 2.46. The smallest absolute Gasteiger partial charge is 0.0709 e. The molecule has 1 aliphatic carbocycles. The first-order valence-corrected chi connectivity index (χ1v) is 7.87. The monoisotopic (exact) mass is 295 g/mol. The quantitative estimate of drug-likeness (QED) is 0.881. The first-order valence-electron chi connectivity index (χ1n) is 7.49. The summed E-state index contributed by atoms with van der Waals surface area (Å²) >= 11 is 6.10. The van der Waals surface area contributed by atoms with Crippen molar-refractivity contribution in [3.8, 4) is 0 Å². The summed E-state index contributed by atoms with van der Waals surface area (Å²) < 4.78 is 0. The number of halogens is 1. The lowest BCUT2D eigenvalue weighted by molar-refractivity contribution is -0.0612. The molecule has 3 rings (SSSR count). The number of hydrogen-bond donors (Lipinski definition) is 2. The van der Waals surface area contributed by atoms with Crippen molar-refractivity contribution in [2.45, 2.75) is 44.3 Å². The Morgan fingerprint density at radius 1 is 1.30 bits per heavy atom. The molecule has 0 spiro atoms. The summed E-state index contributed by atoms with van der Waals surface area (Å²) in [5, 5.41) is 20.9. The topological polar surface area (TPSA) is 43.7 Å². The molecule has 1 aromatic carbocycles. The molecule has 20 heavy (non-hydrogen) atoms. The van der Waals surface area contributed by atoms with Gasteiger partial charge in [-0.3, -0.25) is 0 Å². The fourth-order valence-electron chi connectivity index (χ4n) is 3.75. The van der Waals surface area contributed by atoms with E-state index in [0.717, 1.165) is 50.0 Å². The molecule has 110 valence electrons. The van der Waals surface area contributed by atoms with Crippen LogP contribution in [0.1, 0.15) is 37.7 Å². The summed E-state index contributed by atoms with van der Waals surface area (Å²) in [5.74, 6) is 0.343. The first-order chi connectivity index (χ1) is 9.62. The lowest BCUT2D eigenvalue weighted by Gasteiger charge is -2.48. The molecule has 2 aliphatic rings. The molecule has 3 nitrogen and oxygen atoms in total. The lowest BCUT2D eigenvalue weighted by atomic mass is 9.71. The van der Waals surface area contributed by atoms with Crippen LogP contribution >= 0.6 is 11.6 Å². The highest BCUT2D eigenvalue weighted by Gasteiger charge is 2.42. The number of piperidine rings is 1. The Kier molecular flexibility index (Phi) is 3.93. The molecule has 2 unspecified atom stereocenters. The molecule has 0 bridgehead atoms. The summed E-state index contributed by atoms with van der Waals surface area (Å²) in [5.41, 5.74) is 1.47. The van der Waals surface area contributed by atoms with Crippen LogP contribution in [0.3, 0.4) is 0 Å². The molecule has 0 radical (unpaired) electrons. The number of nitrogens with zero attached hydrogens (tertiary/aromatic N) is 1. The van der Waals surface area contributed by atoms with Crippen molar-refractivity contribution in [2.75, 3.05) is 18.0 Å². The zero-order valence-corrected chi connectivity index (χ0v) is 12.4. The summed E-state index contributed by atoms with van der Waals surface area (Å²) in [6.07, 6.45) is 5.21. The first kappa shape index (κ1) is 14.2. The van der Waals surface area contributed by atoms with Gasteiger partial charge < -0.3 is 15.1 Å². The van der Waals surface area contributed by atoms with Gasteiger partial charge in [0.25, 0.3) is 0 Å². The molecule has 0 aromatic heterocycles. The highest BCUT2D eigenvalue weighted by molar-refractivity contribution is 6.30. The molecular formula is C16H22ClNO2. The van der Waals surface area contributed by atoms with Crippen molar-refractivity contribution in [3.63, 3.8) is 0 Å². The van der Waals surface area contributed by atoms with E-state index < -0.39 is 5.60 Å². The van der Waals surface area contributed by atoms with Gasteiger partial charge in [0, 0.05) is 35.3 Å². The molecule has 1 saturated carbocycles. The number of benzene rings is 1. The fourth-order valence-corrected chi connectivity index (χ4v) is 3.92. The minimum Gasteiger partial charge on any atom is -0.392 e. The van der Waals surface area contributed by atoms with Crippen molar-refractivity contribution in [3.05, 3.63) is 28.8 Å². The highest BCUT2D eigenvalue weighted by Crippen LogP contribution is 2.41. The summed E-state index contributed by atoms with van der Waals surface area (Å²) in [6.45, 7) is 1.72. The third kappa shape index (κ3) is 2.54. The minimum atomic E-state index is -0.466. The van der Waals surface area contributed by atoms with E-state index >= 15 is 0 Å². The van der Waals surface area contributed by atoms with Crippen LogP contribution in [0.15, 0.2) is 18.2 Å². The number of anilines is 1.